The summed E-state index contributed by atoms with van der Waals surface area (Å²) in [5, 5.41) is 0. The Morgan fingerprint density at radius 1 is 0.346 bits per heavy atom. The van der Waals surface area contributed by atoms with Crippen LogP contribution in [0.25, 0.3) is 0 Å². The largest absolute Gasteiger partial charge is 0.533 e. The Morgan fingerprint density at radius 3 is 0.462 bits per heavy atom. The van der Waals surface area contributed by atoms with Crippen molar-refractivity contribution in [1.82, 2.24) is 0 Å². The average Bonchev–Trinajstić information content (AvgIpc) is 3.37. The van der Waals surface area contributed by atoms with Crippen LogP contribution in [0.1, 0.15) is 0 Å². The molecule has 0 aliphatic heterocycles. The molecule has 0 amide bonds. The second-order valence-corrected chi connectivity index (χ2v) is 5.06. The molecule has 0 aromatic heterocycles. The van der Waals surface area contributed by atoms with Gasteiger partial charge in [-0.25, -0.2) is 0 Å². The fourth-order valence-electron chi connectivity index (χ4n) is 1.32. The normalized spacial score (nSPS) is 21.2. The molecule has 20 radical (unpaired) electrons. The van der Waals surface area contributed by atoms with E-state index >= 15 is 0 Å². The standard InChI is InChI=1S/4C5H5.C3H2S.2Fe/c4*1-2-4-5-3-1;4-3-1-2-3;;/h4*1-5H;1-2H;;/q;;;;-2;;. The zero-order valence-electron chi connectivity index (χ0n) is 14.3. The van der Waals surface area contributed by atoms with Crippen LogP contribution in [0.2, 0.25) is 0 Å². The molecule has 5 aliphatic carbocycles. The van der Waals surface area contributed by atoms with Gasteiger partial charge in [-0.2, -0.15) is 12.2 Å². The van der Waals surface area contributed by atoms with Crippen LogP contribution in [0, 0.1) is 141 Å². The van der Waals surface area contributed by atoms with Crippen LogP contribution in [-0.2, 0) is 34.1 Å². The maximum absolute atomic E-state index is 4.54. The molecule has 5 fully saturated rings. The van der Waals surface area contributed by atoms with Crippen LogP contribution in [0.15, 0.2) is 0 Å². The van der Waals surface area contributed by atoms with E-state index in [1.807, 2.05) is 141 Å². The fourth-order valence-corrected chi connectivity index (χ4v) is 1.39. The van der Waals surface area contributed by atoms with Crippen molar-refractivity contribution < 1.29 is 34.1 Å². The molecule has 5 aliphatic rings. The van der Waals surface area contributed by atoms with Crippen molar-refractivity contribution in [2.45, 2.75) is 0 Å². The Morgan fingerprint density at radius 2 is 0.423 bits per heavy atom. The van der Waals surface area contributed by atoms with Crippen molar-refractivity contribution in [3.05, 3.63) is 141 Å². The summed E-state index contributed by atoms with van der Waals surface area (Å²) in [5.41, 5.74) is 0. The van der Waals surface area contributed by atoms with Gasteiger partial charge in [-0.05, 0) is 128 Å². The van der Waals surface area contributed by atoms with Gasteiger partial charge in [-0.1, -0.05) is 0 Å². The van der Waals surface area contributed by atoms with Crippen LogP contribution in [0.5, 0.6) is 0 Å². The van der Waals surface area contributed by atoms with E-state index in [9.17, 15) is 0 Å². The van der Waals surface area contributed by atoms with Crippen LogP contribution in [0.3, 0.4) is 0 Å². The molecule has 5 saturated carbocycles. The van der Waals surface area contributed by atoms with Crippen molar-refractivity contribution in [3.8, 4) is 0 Å². The Balaban J connectivity index is 0. The smallest absolute Gasteiger partial charge is 0 e. The van der Waals surface area contributed by atoms with Crippen LogP contribution in [-0.4, -0.2) is 4.86 Å². The molecule has 0 heterocycles. The first-order valence-corrected chi connectivity index (χ1v) is 8.19. The quantitative estimate of drug-likeness (QED) is 0.294. The number of hydrogen-bond acceptors (Lipinski definition) is 1. The van der Waals surface area contributed by atoms with Gasteiger partial charge in [-0.15, -0.1) is 0 Å². The summed E-state index contributed by atoms with van der Waals surface area (Å²) in [6, 6.07) is 0. The molecule has 0 saturated heterocycles. The number of hydrogen-bond donors (Lipinski definition) is 0. The van der Waals surface area contributed by atoms with Crippen molar-refractivity contribution in [2.24, 2.45) is 0 Å². The van der Waals surface area contributed by atoms with Gasteiger partial charge in [0, 0.05) is 34.1 Å². The van der Waals surface area contributed by atoms with Gasteiger partial charge in [0.2, 0.25) is 0 Å². The molecule has 0 bridgehead atoms. The third kappa shape index (κ3) is 24.9. The molecule has 0 unspecified atom stereocenters. The van der Waals surface area contributed by atoms with E-state index < -0.39 is 0 Å². The molecule has 0 aromatic carbocycles. The van der Waals surface area contributed by atoms with Gasteiger partial charge in [0.25, 0.3) is 0 Å². The van der Waals surface area contributed by atoms with E-state index in [1.165, 1.54) is 0 Å². The van der Waals surface area contributed by atoms with Crippen LogP contribution < -0.4 is 0 Å². The predicted octanol–water partition coefficient (Wildman–Crippen LogP) is 4.86. The SMILES string of the molecule is S=C1[CH-][CH-]1.[CH]1[CH][CH][CH][CH]1.[CH]1[CH][CH][CH][CH]1.[CH]1[CH][CH][CH][CH]1.[CH]1[CH][CH][CH][CH]1.[Fe].[Fe]. The summed E-state index contributed by atoms with van der Waals surface area (Å²) in [4.78, 5) is 1.00. The van der Waals surface area contributed by atoms with E-state index in [0.717, 1.165) is 4.86 Å². The zero-order valence-corrected chi connectivity index (χ0v) is 17.3. The zero-order chi connectivity index (χ0) is 17.1. The summed E-state index contributed by atoms with van der Waals surface area (Å²) in [7, 11) is 0. The first kappa shape index (κ1) is 29.1. The van der Waals surface area contributed by atoms with Crippen molar-refractivity contribution in [3.63, 3.8) is 0 Å². The Kier molecular flexibility index (Phi) is 26.7. The minimum absolute atomic E-state index is 0. The van der Waals surface area contributed by atoms with Gasteiger partial charge in [0.05, 0.1) is 0 Å². The van der Waals surface area contributed by atoms with Crippen LogP contribution >= 0.6 is 12.2 Å². The van der Waals surface area contributed by atoms with E-state index in [0.29, 0.717) is 0 Å². The molecule has 0 atom stereocenters. The molecule has 5 rings (SSSR count). The third-order valence-electron chi connectivity index (χ3n) is 2.52. The maximum Gasteiger partial charge on any atom is 0 e. The second kappa shape index (κ2) is 23.9. The first-order valence-electron chi connectivity index (χ1n) is 7.78. The molecule has 138 valence electrons. The second-order valence-electron chi connectivity index (χ2n) is 4.58. The molecule has 26 heavy (non-hydrogen) atoms. The Hall–Kier alpha value is 0.869. The predicted molar refractivity (Wildman–Crippen MR) is 107 cm³/mol. The molecular weight excluding hydrogens is 420 g/mol. The van der Waals surface area contributed by atoms with E-state index in [1.54, 1.807) is 0 Å². The minimum Gasteiger partial charge on any atom is -0.533 e. The van der Waals surface area contributed by atoms with Crippen molar-refractivity contribution in [2.75, 3.05) is 0 Å². The van der Waals surface area contributed by atoms with E-state index in [4.69, 9.17) is 0 Å². The third-order valence-corrected chi connectivity index (χ3v) is 2.80. The van der Waals surface area contributed by atoms with E-state index in [2.05, 4.69) is 12.2 Å². The summed E-state index contributed by atoms with van der Waals surface area (Å²) < 4.78 is 0. The van der Waals surface area contributed by atoms with Crippen LogP contribution in [0.4, 0.5) is 0 Å². The van der Waals surface area contributed by atoms with E-state index in [-0.39, 0.29) is 34.1 Å². The minimum atomic E-state index is 0. The molecule has 0 aromatic rings. The number of rotatable bonds is 0. The summed E-state index contributed by atoms with van der Waals surface area (Å²) in [5.74, 6) is 0. The van der Waals surface area contributed by atoms with Gasteiger partial charge < -0.3 is 17.7 Å². The Labute approximate surface area is 191 Å². The first-order chi connectivity index (χ1) is 11.9. The molecule has 3 heteroatoms. The van der Waals surface area contributed by atoms with Gasteiger partial charge in [0.1, 0.15) is 0 Å². The maximum atomic E-state index is 4.54. The van der Waals surface area contributed by atoms with Gasteiger partial charge in [0.15, 0.2) is 0 Å². The van der Waals surface area contributed by atoms with Crippen molar-refractivity contribution in [1.29, 1.82) is 0 Å². The topological polar surface area (TPSA) is 0 Å². The van der Waals surface area contributed by atoms with Gasteiger partial charge in [-0.3, -0.25) is 0 Å². The summed E-state index contributed by atoms with van der Waals surface area (Å²) in [6.45, 7) is 0. The fraction of sp³-hybridized carbons (Fsp3) is 0. The summed E-state index contributed by atoms with van der Waals surface area (Å²) in [6.07, 6.45) is 43.8. The molecule has 0 spiro atoms. The summed E-state index contributed by atoms with van der Waals surface area (Å²) >= 11 is 4.54. The average molecular weight is 442 g/mol. The van der Waals surface area contributed by atoms with Gasteiger partial charge >= 0.3 is 0 Å². The Bertz CT molecular complexity index is 189. The molecule has 0 N–H and O–H groups in total. The molecule has 0 nitrogen and oxygen atoms in total. The van der Waals surface area contributed by atoms with Crippen molar-refractivity contribution >= 4 is 17.1 Å². The monoisotopic (exact) mass is 442 g/mol. The number of thiocarbonyl (C=S) groups is 1. The molecular formula is C23H22Fe2S-2.